The quantitative estimate of drug-likeness (QED) is 0.643. The van der Waals surface area contributed by atoms with Crippen molar-refractivity contribution in [2.75, 3.05) is 24.3 Å². The van der Waals surface area contributed by atoms with Crippen molar-refractivity contribution in [2.24, 2.45) is 0 Å². The van der Waals surface area contributed by atoms with Gasteiger partial charge in [-0.15, -0.1) is 0 Å². The van der Waals surface area contributed by atoms with Gasteiger partial charge in [0, 0.05) is 24.7 Å². The second-order valence-electron chi connectivity index (χ2n) is 5.67. The molecular weight excluding hydrogens is 296 g/mol. The van der Waals surface area contributed by atoms with Crippen molar-refractivity contribution in [3.05, 3.63) is 18.2 Å². The molecular formula is C17H24N2O4. The number of esters is 1. The van der Waals surface area contributed by atoms with Gasteiger partial charge in [0.25, 0.3) is 5.91 Å². The SMILES string of the molecule is CCC1(CC)Oc2cc(N)ccc2N(CCCC(=O)OC)C1=O. The van der Waals surface area contributed by atoms with Crippen LogP contribution in [0.1, 0.15) is 39.5 Å². The summed E-state index contributed by atoms with van der Waals surface area (Å²) in [5.41, 5.74) is 6.27. The third kappa shape index (κ3) is 3.25. The smallest absolute Gasteiger partial charge is 0.305 e. The first kappa shape index (κ1) is 17.1. The van der Waals surface area contributed by atoms with Crippen LogP contribution in [0, 0.1) is 0 Å². The number of nitrogen functional groups attached to an aromatic ring is 1. The highest BCUT2D eigenvalue weighted by molar-refractivity contribution is 6.03. The van der Waals surface area contributed by atoms with Crippen molar-refractivity contribution < 1.29 is 19.1 Å². The molecule has 6 heteroatoms. The second kappa shape index (κ2) is 6.89. The van der Waals surface area contributed by atoms with Gasteiger partial charge in [-0.3, -0.25) is 9.59 Å². The third-order valence-corrected chi connectivity index (χ3v) is 4.35. The summed E-state index contributed by atoms with van der Waals surface area (Å²) in [6, 6.07) is 5.28. The summed E-state index contributed by atoms with van der Waals surface area (Å²) in [7, 11) is 1.36. The lowest BCUT2D eigenvalue weighted by atomic mass is 9.92. The summed E-state index contributed by atoms with van der Waals surface area (Å²) in [5.74, 6) is 0.275. The maximum absolute atomic E-state index is 13.0. The average Bonchev–Trinajstić information content (AvgIpc) is 2.56. The Balaban J connectivity index is 2.30. The number of fused-ring (bicyclic) bond motifs is 1. The standard InChI is InChI=1S/C17H24N2O4/c1-4-17(5-2)16(21)19(10-6-7-15(20)22-3)13-9-8-12(18)11-14(13)23-17/h8-9,11H,4-7,10,18H2,1-3H3. The normalized spacial score (nSPS) is 15.8. The lowest BCUT2D eigenvalue weighted by molar-refractivity contribution is -0.141. The predicted molar refractivity (Wildman–Crippen MR) is 88.4 cm³/mol. The van der Waals surface area contributed by atoms with Crippen LogP contribution in [0.4, 0.5) is 11.4 Å². The van der Waals surface area contributed by atoms with E-state index < -0.39 is 5.60 Å². The number of rotatable bonds is 6. The van der Waals surface area contributed by atoms with Gasteiger partial charge in [-0.2, -0.15) is 0 Å². The van der Waals surface area contributed by atoms with Gasteiger partial charge < -0.3 is 20.1 Å². The molecule has 1 aliphatic heterocycles. The molecule has 0 radical (unpaired) electrons. The first-order valence-corrected chi connectivity index (χ1v) is 7.94. The molecule has 1 aliphatic rings. The van der Waals surface area contributed by atoms with Gasteiger partial charge in [0.1, 0.15) is 5.75 Å². The second-order valence-corrected chi connectivity index (χ2v) is 5.67. The molecule has 0 aromatic heterocycles. The Bertz CT molecular complexity index is 596. The van der Waals surface area contributed by atoms with Crippen LogP contribution in [0.15, 0.2) is 18.2 Å². The maximum atomic E-state index is 13.0. The number of hydrogen-bond donors (Lipinski definition) is 1. The molecule has 0 bridgehead atoms. The minimum Gasteiger partial charge on any atom is -0.475 e. The summed E-state index contributed by atoms with van der Waals surface area (Å²) >= 11 is 0. The predicted octanol–water partition coefficient (Wildman–Crippen LogP) is 2.51. The van der Waals surface area contributed by atoms with Gasteiger partial charge in [-0.25, -0.2) is 0 Å². The summed E-state index contributed by atoms with van der Waals surface area (Å²) in [6.45, 7) is 4.31. The van der Waals surface area contributed by atoms with E-state index in [0.717, 1.165) is 0 Å². The lowest BCUT2D eigenvalue weighted by Gasteiger charge is -2.42. The van der Waals surface area contributed by atoms with E-state index in [9.17, 15) is 9.59 Å². The monoisotopic (exact) mass is 320 g/mol. The van der Waals surface area contributed by atoms with E-state index in [0.29, 0.717) is 42.9 Å². The maximum Gasteiger partial charge on any atom is 0.305 e. The zero-order valence-electron chi connectivity index (χ0n) is 13.9. The molecule has 2 rings (SSSR count). The first-order valence-electron chi connectivity index (χ1n) is 7.94. The van der Waals surface area contributed by atoms with Crippen molar-refractivity contribution >= 4 is 23.3 Å². The molecule has 0 spiro atoms. The number of hydrogen-bond acceptors (Lipinski definition) is 5. The molecule has 0 saturated carbocycles. The lowest BCUT2D eigenvalue weighted by Crippen LogP contribution is -2.55. The van der Waals surface area contributed by atoms with Crippen molar-refractivity contribution in [3.63, 3.8) is 0 Å². The Hall–Kier alpha value is -2.24. The minimum atomic E-state index is -0.869. The number of ether oxygens (including phenoxy) is 2. The molecule has 0 aliphatic carbocycles. The molecule has 126 valence electrons. The van der Waals surface area contributed by atoms with Crippen LogP contribution in [0.5, 0.6) is 5.75 Å². The topological polar surface area (TPSA) is 81.9 Å². The molecule has 1 aromatic rings. The molecule has 0 unspecified atom stereocenters. The Kier molecular flexibility index (Phi) is 5.13. The van der Waals surface area contributed by atoms with E-state index in [1.54, 1.807) is 23.1 Å². The highest BCUT2D eigenvalue weighted by Gasteiger charge is 2.45. The number of nitrogens with zero attached hydrogens (tertiary/aromatic N) is 1. The van der Waals surface area contributed by atoms with Gasteiger partial charge in [0.05, 0.1) is 12.8 Å². The fraction of sp³-hybridized carbons (Fsp3) is 0.529. The first-order chi connectivity index (χ1) is 11.0. The molecule has 2 N–H and O–H groups in total. The molecule has 0 fully saturated rings. The molecule has 1 heterocycles. The highest BCUT2D eigenvalue weighted by Crippen LogP contribution is 2.41. The van der Waals surface area contributed by atoms with Crippen LogP contribution >= 0.6 is 0 Å². The zero-order valence-corrected chi connectivity index (χ0v) is 13.9. The highest BCUT2D eigenvalue weighted by atomic mass is 16.5. The summed E-state index contributed by atoms with van der Waals surface area (Å²) in [4.78, 5) is 26.0. The van der Waals surface area contributed by atoms with Crippen molar-refractivity contribution in [1.29, 1.82) is 0 Å². The number of benzene rings is 1. The summed E-state index contributed by atoms with van der Waals surface area (Å²) in [6.07, 6.45) is 1.95. The van der Waals surface area contributed by atoms with Crippen LogP contribution in [-0.4, -0.2) is 31.1 Å². The van der Waals surface area contributed by atoms with Crippen molar-refractivity contribution in [3.8, 4) is 5.75 Å². The summed E-state index contributed by atoms with van der Waals surface area (Å²) < 4.78 is 10.7. The van der Waals surface area contributed by atoms with Crippen LogP contribution in [0.2, 0.25) is 0 Å². The number of nitrogens with two attached hydrogens (primary N) is 1. The number of anilines is 2. The Labute approximate surface area is 136 Å². The molecule has 6 nitrogen and oxygen atoms in total. The van der Waals surface area contributed by atoms with E-state index in [1.807, 2.05) is 13.8 Å². The van der Waals surface area contributed by atoms with Gasteiger partial charge in [0.2, 0.25) is 0 Å². The number of carbonyl (C=O) groups excluding carboxylic acids is 2. The molecule has 1 aromatic carbocycles. The number of carbonyl (C=O) groups is 2. The number of amides is 1. The van der Waals surface area contributed by atoms with Crippen LogP contribution in [0.25, 0.3) is 0 Å². The van der Waals surface area contributed by atoms with E-state index in [1.165, 1.54) is 7.11 Å². The molecule has 1 amide bonds. The van der Waals surface area contributed by atoms with E-state index in [2.05, 4.69) is 4.74 Å². The van der Waals surface area contributed by atoms with Gasteiger partial charge >= 0.3 is 5.97 Å². The Morgan fingerprint density at radius 2 is 2.04 bits per heavy atom. The Morgan fingerprint density at radius 3 is 2.65 bits per heavy atom. The van der Waals surface area contributed by atoms with Crippen molar-refractivity contribution in [1.82, 2.24) is 0 Å². The van der Waals surface area contributed by atoms with Gasteiger partial charge in [-0.05, 0) is 31.4 Å². The zero-order chi connectivity index (χ0) is 17.0. The largest absolute Gasteiger partial charge is 0.475 e. The van der Waals surface area contributed by atoms with Crippen LogP contribution in [-0.2, 0) is 14.3 Å². The van der Waals surface area contributed by atoms with Gasteiger partial charge in [0.15, 0.2) is 5.60 Å². The van der Waals surface area contributed by atoms with Gasteiger partial charge in [-0.1, -0.05) is 13.8 Å². The van der Waals surface area contributed by atoms with Crippen molar-refractivity contribution in [2.45, 2.75) is 45.1 Å². The average molecular weight is 320 g/mol. The molecule has 0 atom stereocenters. The minimum absolute atomic E-state index is 0.0652. The summed E-state index contributed by atoms with van der Waals surface area (Å²) in [5, 5.41) is 0. The Morgan fingerprint density at radius 1 is 1.35 bits per heavy atom. The third-order valence-electron chi connectivity index (χ3n) is 4.35. The molecule has 23 heavy (non-hydrogen) atoms. The van der Waals surface area contributed by atoms with E-state index in [-0.39, 0.29) is 18.3 Å². The molecule has 0 saturated heterocycles. The van der Waals surface area contributed by atoms with Crippen LogP contribution < -0.4 is 15.4 Å². The fourth-order valence-corrected chi connectivity index (χ4v) is 2.85. The van der Waals surface area contributed by atoms with E-state index >= 15 is 0 Å². The van der Waals surface area contributed by atoms with Crippen LogP contribution in [0.3, 0.4) is 0 Å². The fourth-order valence-electron chi connectivity index (χ4n) is 2.85. The van der Waals surface area contributed by atoms with E-state index in [4.69, 9.17) is 10.5 Å². The number of methoxy groups -OCH3 is 1.